The van der Waals surface area contributed by atoms with E-state index in [1.165, 1.54) is 39.0 Å². The maximum Gasteiger partial charge on any atom is 0.0110 e. The molecule has 0 bridgehead atoms. The van der Waals surface area contributed by atoms with Crippen molar-refractivity contribution in [2.45, 2.75) is 39.7 Å². The molecule has 2 atom stereocenters. The summed E-state index contributed by atoms with van der Waals surface area (Å²) in [6.45, 7) is 11.9. The smallest absolute Gasteiger partial charge is 0.0110 e. The predicted molar refractivity (Wildman–Crippen MR) is 58.0 cm³/mol. The Bertz CT molecular complexity index is 128. The molecule has 0 spiro atoms. The maximum absolute atomic E-state index is 3.45. The van der Waals surface area contributed by atoms with Crippen molar-refractivity contribution in [2.75, 3.05) is 26.2 Å². The normalized spacial score (nSPS) is 25.2. The van der Waals surface area contributed by atoms with Crippen molar-refractivity contribution in [1.82, 2.24) is 10.2 Å². The van der Waals surface area contributed by atoms with Gasteiger partial charge >= 0.3 is 0 Å². The van der Waals surface area contributed by atoms with Crippen LogP contribution in [0.3, 0.4) is 0 Å². The van der Waals surface area contributed by atoms with Crippen LogP contribution in [0.25, 0.3) is 0 Å². The second-order valence-electron chi connectivity index (χ2n) is 4.27. The minimum absolute atomic E-state index is 0.755. The summed E-state index contributed by atoms with van der Waals surface area (Å²) < 4.78 is 0. The Balaban J connectivity index is 2.38. The zero-order valence-electron chi connectivity index (χ0n) is 9.34. The molecular weight excluding hydrogens is 160 g/mol. The summed E-state index contributed by atoms with van der Waals surface area (Å²) >= 11 is 0. The Labute approximate surface area is 82.7 Å². The summed E-state index contributed by atoms with van der Waals surface area (Å²) in [5.41, 5.74) is 0. The Kier molecular flexibility index (Phi) is 4.74. The monoisotopic (exact) mass is 184 g/mol. The SMILES string of the molecule is CCC(C)C(C)N1CCCNCC1. The highest BCUT2D eigenvalue weighted by atomic mass is 15.2. The van der Waals surface area contributed by atoms with Gasteiger partial charge in [0, 0.05) is 19.1 Å². The minimum Gasteiger partial charge on any atom is -0.315 e. The first-order valence-corrected chi connectivity index (χ1v) is 5.70. The molecule has 13 heavy (non-hydrogen) atoms. The number of nitrogens with zero attached hydrogens (tertiary/aromatic N) is 1. The zero-order chi connectivity index (χ0) is 9.68. The van der Waals surface area contributed by atoms with Gasteiger partial charge in [-0.2, -0.15) is 0 Å². The maximum atomic E-state index is 3.45. The number of nitrogens with one attached hydrogen (secondary N) is 1. The molecule has 0 aliphatic carbocycles. The van der Waals surface area contributed by atoms with Crippen LogP contribution in [0.2, 0.25) is 0 Å². The standard InChI is InChI=1S/C11H24N2/c1-4-10(2)11(3)13-8-5-6-12-7-9-13/h10-12H,4-9H2,1-3H3. The molecule has 1 N–H and O–H groups in total. The van der Waals surface area contributed by atoms with Crippen molar-refractivity contribution in [1.29, 1.82) is 0 Å². The van der Waals surface area contributed by atoms with Crippen molar-refractivity contribution in [3.63, 3.8) is 0 Å². The molecule has 1 aliphatic rings. The van der Waals surface area contributed by atoms with Crippen LogP contribution in [0.4, 0.5) is 0 Å². The average Bonchev–Trinajstić information content (AvgIpc) is 2.43. The Morgan fingerprint density at radius 3 is 2.69 bits per heavy atom. The van der Waals surface area contributed by atoms with Gasteiger partial charge in [-0.05, 0) is 32.4 Å². The van der Waals surface area contributed by atoms with Crippen molar-refractivity contribution < 1.29 is 0 Å². The molecule has 0 saturated carbocycles. The first-order chi connectivity index (χ1) is 6.25. The van der Waals surface area contributed by atoms with E-state index in [-0.39, 0.29) is 0 Å². The molecule has 1 rings (SSSR count). The molecule has 1 saturated heterocycles. The lowest BCUT2D eigenvalue weighted by atomic mass is 9.99. The topological polar surface area (TPSA) is 15.3 Å². The van der Waals surface area contributed by atoms with Crippen LogP contribution in [0, 0.1) is 5.92 Å². The van der Waals surface area contributed by atoms with Crippen LogP contribution in [0.15, 0.2) is 0 Å². The predicted octanol–water partition coefficient (Wildman–Crippen LogP) is 1.72. The zero-order valence-corrected chi connectivity index (χ0v) is 9.34. The minimum atomic E-state index is 0.755. The highest BCUT2D eigenvalue weighted by molar-refractivity contribution is 4.75. The molecule has 2 heteroatoms. The van der Waals surface area contributed by atoms with E-state index in [1.807, 2.05) is 0 Å². The van der Waals surface area contributed by atoms with Gasteiger partial charge in [0.1, 0.15) is 0 Å². The summed E-state index contributed by atoms with van der Waals surface area (Å²) in [7, 11) is 0. The van der Waals surface area contributed by atoms with Crippen molar-refractivity contribution in [3.8, 4) is 0 Å². The molecule has 0 radical (unpaired) electrons. The third-order valence-corrected chi connectivity index (χ3v) is 3.42. The lowest BCUT2D eigenvalue weighted by molar-refractivity contribution is 0.169. The van der Waals surface area contributed by atoms with E-state index in [0.717, 1.165) is 12.0 Å². The van der Waals surface area contributed by atoms with Crippen molar-refractivity contribution in [2.24, 2.45) is 5.92 Å². The molecule has 0 amide bonds. The third kappa shape index (κ3) is 3.28. The van der Waals surface area contributed by atoms with E-state index in [9.17, 15) is 0 Å². The van der Waals surface area contributed by atoms with Gasteiger partial charge in [-0.3, -0.25) is 4.90 Å². The number of rotatable bonds is 3. The highest BCUT2D eigenvalue weighted by Crippen LogP contribution is 2.14. The Morgan fingerprint density at radius 1 is 1.23 bits per heavy atom. The van der Waals surface area contributed by atoms with Gasteiger partial charge in [-0.1, -0.05) is 20.3 Å². The summed E-state index contributed by atoms with van der Waals surface area (Å²) in [4.78, 5) is 2.63. The molecule has 0 aromatic heterocycles. The molecule has 0 aromatic rings. The van der Waals surface area contributed by atoms with Gasteiger partial charge in [0.2, 0.25) is 0 Å². The first kappa shape index (κ1) is 11.0. The van der Waals surface area contributed by atoms with Crippen molar-refractivity contribution >= 4 is 0 Å². The van der Waals surface area contributed by atoms with E-state index in [0.29, 0.717) is 0 Å². The van der Waals surface area contributed by atoms with Crippen LogP contribution < -0.4 is 5.32 Å². The summed E-state index contributed by atoms with van der Waals surface area (Å²) in [6, 6.07) is 0.755. The molecular formula is C11H24N2. The van der Waals surface area contributed by atoms with Crippen LogP contribution in [-0.4, -0.2) is 37.1 Å². The van der Waals surface area contributed by atoms with E-state index < -0.39 is 0 Å². The van der Waals surface area contributed by atoms with Crippen LogP contribution in [0.5, 0.6) is 0 Å². The van der Waals surface area contributed by atoms with Gasteiger partial charge in [0.25, 0.3) is 0 Å². The summed E-state index contributed by atoms with van der Waals surface area (Å²) in [5, 5.41) is 3.45. The second kappa shape index (κ2) is 5.61. The van der Waals surface area contributed by atoms with E-state index in [2.05, 4.69) is 31.0 Å². The van der Waals surface area contributed by atoms with E-state index in [1.54, 1.807) is 0 Å². The molecule has 1 aliphatic heterocycles. The molecule has 1 fully saturated rings. The van der Waals surface area contributed by atoms with Crippen LogP contribution in [0.1, 0.15) is 33.6 Å². The van der Waals surface area contributed by atoms with Gasteiger partial charge in [-0.15, -0.1) is 0 Å². The average molecular weight is 184 g/mol. The van der Waals surface area contributed by atoms with Gasteiger partial charge in [0.15, 0.2) is 0 Å². The van der Waals surface area contributed by atoms with Gasteiger partial charge in [0.05, 0.1) is 0 Å². The van der Waals surface area contributed by atoms with Crippen LogP contribution in [-0.2, 0) is 0 Å². The molecule has 0 aromatic carbocycles. The summed E-state index contributed by atoms with van der Waals surface area (Å²) in [5.74, 6) is 0.832. The lowest BCUT2D eigenvalue weighted by Gasteiger charge is -2.31. The molecule has 78 valence electrons. The largest absolute Gasteiger partial charge is 0.315 e. The van der Waals surface area contributed by atoms with Gasteiger partial charge in [-0.25, -0.2) is 0 Å². The van der Waals surface area contributed by atoms with Crippen molar-refractivity contribution in [3.05, 3.63) is 0 Å². The lowest BCUT2D eigenvalue weighted by Crippen LogP contribution is -2.39. The van der Waals surface area contributed by atoms with E-state index >= 15 is 0 Å². The van der Waals surface area contributed by atoms with Gasteiger partial charge < -0.3 is 5.32 Å². The Hall–Kier alpha value is -0.0800. The number of hydrogen-bond acceptors (Lipinski definition) is 2. The molecule has 2 nitrogen and oxygen atoms in total. The first-order valence-electron chi connectivity index (χ1n) is 5.70. The van der Waals surface area contributed by atoms with Crippen LogP contribution >= 0.6 is 0 Å². The Morgan fingerprint density at radius 2 is 2.00 bits per heavy atom. The quantitative estimate of drug-likeness (QED) is 0.718. The fourth-order valence-electron chi connectivity index (χ4n) is 1.97. The fourth-order valence-corrected chi connectivity index (χ4v) is 1.97. The summed E-state index contributed by atoms with van der Waals surface area (Å²) in [6.07, 6.45) is 2.60. The van der Waals surface area contributed by atoms with E-state index in [4.69, 9.17) is 0 Å². The second-order valence-corrected chi connectivity index (χ2v) is 4.27. The third-order valence-electron chi connectivity index (χ3n) is 3.42. The number of hydrogen-bond donors (Lipinski definition) is 1. The molecule has 2 unspecified atom stereocenters. The fraction of sp³-hybridized carbons (Fsp3) is 1.00. The highest BCUT2D eigenvalue weighted by Gasteiger charge is 2.19. The molecule has 1 heterocycles.